The third-order valence-electron chi connectivity index (χ3n) is 2.36. The minimum absolute atomic E-state index is 0.180. The number of aliphatic hydroxyl groups excluding tert-OH is 1. The number of aliphatic hydroxyl groups is 1. The van der Waals surface area contributed by atoms with Crippen LogP contribution in [0.4, 0.5) is 4.39 Å². The number of benzene rings is 1. The van der Waals surface area contributed by atoms with Crippen LogP contribution in [-0.4, -0.2) is 12.2 Å². The molecule has 0 aromatic heterocycles. The van der Waals surface area contributed by atoms with Crippen molar-refractivity contribution >= 4 is 0 Å². The van der Waals surface area contributed by atoms with E-state index in [0.29, 0.717) is 18.4 Å². The number of hydrogen-bond donors (Lipinski definition) is 1. The third kappa shape index (κ3) is 3.25. The summed E-state index contributed by atoms with van der Waals surface area (Å²) in [6.07, 6.45) is 6.32. The molecule has 0 bridgehead atoms. The van der Waals surface area contributed by atoms with Crippen LogP contribution in [0, 0.1) is 18.2 Å². The second kappa shape index (κ2) is 6.14. The molecule has 1 aromatic rings. The molecule has 86 valence electrons. The Morgan fingerprint density at radius 1 is 1.56 bits per heavy atom. The molecule has 1 atom stereocenters. The van der Waals surface area contributed by atoms with Crippen molar-refractivity contribution in [3.05, 3.63) is 29.6 Å². The highest BCUT2D eigenvalue weighted by Crippen LogP contribution is 2.24. The van der Waals surface area contributed by atoms with Crippen molar-refractivity contribution in [1.29, 1.82) is 0 Å². The topological polar surface area (TPSA) is 29.5 Å². The van der Waals surface area contributed by atoms with Gasteiger partial charge in [-0.2, -0.15) is 0 Å². The third-order valence-corrected chi connectivity index (χ3v) is 2.36. The average Bonchev–Trinajstić information content (AvgIpc) is 2.29. The second-order valence-electron chi connectivity index (χ2n) is 3.51. The molecule has 0 saturated heterocycles. The molecule has 3 heteroatoms. The lowest BCUT2D eigenvalue weighted by Crippen LogP contribution is -1.99. The fourth-order valence-electron chi connectivity index (χ4n) is 1.45. The van der Waals surface area contributed by atoms with Gasteiger partial charge in [0, 0.05) is 6.42 Å². The highest BCUT2D eigenvalue weighted by atomic mass is 19.1. The molecule has 2 nitrogen and oxygen atoms in total. The Balaban J connectivity index is 2.66. The van der Waals surface area contributed by atoms with Gasteiger partial charge in [0.1, 0.15) is 0 Å². The molecule has 0 heterocycles. The van der Waals surface area contributed by atoms with Gasteiger partial charge in [-0.15, -0.1) is 12.3 Å². The van der Waals surface area contributed by atoms with E-state index in [-0.39, 0.29) is 5.75 Å². The normalized spacial score (nSPS) is 11.9. The van der Waals surface area contributed by atoms with E-state index in [2.05, 4.69) is 5.92 Å². The van der Waals surface area contributed by atoms with Gasteiger partial charge in [0.25, 0.3) is 0 Å². The summed E-state index contributed by atoms with van der Waals surface area (Å²) in [4.78, 5) is 0. The van der Waals surface area contributed by atoms with Crippen LogP contribution in [-0.2, 0) is 0 Å². The molecular weight excluding hydrogens is 207 g/mol. The molecule has 16 heavy (non-hydrogen) atoms. The Bertz CT molecular complexity index is 382. The largest absolute Gasteiger partial charge is 0.494 e. The van der Waals surface area contributed by atoms with Crippen LogP contribution in [0.2, 0.25) is 0 Å². The van der Waals surface area contributed by atoms with Gasteiger partial charge in [0.2, 0.25) is 0 Å². The van der Waals surface area contributed by atoms with Gasteiger partial charge in [0.05, 0.1) is 13.2 Å². The summed E-state index contributed by atoms with van der Waals surface area (Å²) in [6.45, 7) is 0. The van der Waals surface area contributed by atoms with Gasteiger partial charge in [0.15, 0.2) is 11.6 Å². The van der Waals surface area contributed by atoms with Crippen molar-refractivity contribution in [2.24, 2.45) is 0 Å². The molecule has 1 aromatic carbocycles. The predicted molar refractivity (Wildman–Crippen MR) is 60.6 cm³/mol. The molecule has 0 aliphatic carbocycles. The summed E-state index contributed by atoms with van der Waals surface area (Å²) in [5.41, 5.74) is 0.551. The summed E-state index contributed by atoms with van der Waals surface area (Å²) in [6, 6.07) is 4.46. The number of terminal acetylenes is 1. The van der Waals surface area contributed by atoms with E-state index in [4.69, 9.17) is 11.2 Å². The molecule has 1 N–H and O–H groups in total. The number of unbranched alkanes of at least 4 members (excludes halogenated alkanes) is 1. The Morgan fingerprint density at radius 2 is 2.31 bits per heavy atom. The summed E-state index contributed by atoms with van der Waals surface area (Å²) < 4.78 is 18.1. The van der Waals surface area contributed by atoms with Gasteiger partial charge in [-0.05, 0) is 30.5 Å². The van der Waals surface area contributed by atoms with E-state index in [0.717, 1.165) is 6.42 Å². The smallest absolute Gasteiger partial charge is 0.165 e. The zero-order chi connectivity index (χ0) is 12.0. The van der Waals surface area contributed by atoms with E-state index < -0.39 is 11.9 Å². The molecule has 0 aliphatic heterocycles. The van der Waals surface area contributed by atoms with Crippen LogP contribution >= 0.6 is 0 Å². The minimum Gasteiger partial charge on any atom is -0.494 e. The van der Waals surface area contributed by atoms with Crippen molar-refractivity contribution < 1.29 is 14.2 Å². The molecular formula is C13H15FO2. The highest BCUT2D eigenvalue weighted by Gasteiger charge is 2.10. The Labute approximate surface area is 95.1 Å². The van der Waals surface area contributed by atoms with E-state index >= 15 is 0 Å². The maximum absolute atomic E-state index is 13.3. The summed E-state index contributed by atoms with van der Waals surface area (Å²) in [5.74, 6) is 2.22. The van der Waals surface area contributed by atoms with Crippen molar-refractivity contribution in [1.82, 2.24) is 0 Å². The molecule has 0 radical (unpaired) electrons. The maximum Gasteiger partial charge on any atom is 0.165 e. The van der Waals surface area contributed by atoms with Gasteiger partial charge >= 0.3 is 0 Å². The first-order valence-electron chi connectivity index (χ1n) is 5.14. The van der Waals surface area contributed by atoms with Gasteiger partial charge in [-0.1, -0.05) is 6.07 Å². The molecule has 0 fully saturated rings. The molecule has 1 rings (SSSR count). The van der Waals surface area contributed by atoms with E-state index in [1.54, 1.807) is 6.07 Å². The molecule has 0 aliphatic rings. The number of hydrogen-bond acceptors (Lipinski definition) is 2. The van der Waals surface area contributed by atoms with E-state index in [9.17, 15) is 9.50 Å². The van der Waals surface area contributed by atoms with E-state index in [1.807, 2.05) is 0 Å². The monoisotopic (exact) mass is 222 g/mol. The van der Waals surface area contributed by atoms with Crippen LogP contribution in [0.25, 0.3) is 0 Å². The number of methoxy groups -OCH3 is 1. The van der Waals surface area contributed by atoms with Crippen LogP contribution in [0.5, 0.6) is 5.75 Å². The first-order chi connectivity index (χ1) is 7.69. The average molecular weight is 222 g/mol. The summed E-state index contributed by atoms with van der Waals surface area (Å²) in [7, 11) is 1.40. The standard InChI is InChI=1S/C13H15FO2/c1-3-4-5-6-12(15)10-7-8-13(16-2)11(14)9-10/h1,7-9,12,15H,4-6H2,2H3. The summed E-state index contributed by atoms with van der Waals surface area (Å²) in [5, 5.41) is 9.76. The van der Waals surface area contributed by atoms with Crippen molar-refractivity contribution in [3.8, 4) is 18.1 Å². The molecule has 0 spiro atoms. The Kier molecular flexibility index (Phi) is 4.81. The van der Waals surface area contributed by atoms with Crippen molar-refractivity contribution in [3.63, 3.8) is 0 Å². The fraction of sp³-hybridized carbons (Fsp3) is 0.385. The zero-order valence-electron chi connectivity index (χ0n) is 9.24. The second-order valence-corrected chi connectivity index (χ2v) is 3.51. The lowest BCUT2D eigenvalue weighted by molar-refractivity contribution is 0.164. The number of ether oxygens (including phenoxy) is 1. The zero-order valence-corrected chi connectivity index (χ0v) is 9.24. The van der Waals surface area contributed by atoms with Crippen molar-refractivity contribution in [2.45, 2.75) is 25.4 Å². The van der Waals surface area contributed by atoms with Crippen LogP contribution in [0.1, 0.15) is 30.9 Å². The number of rotatable bonds is 5. The minimum atomic E-state index is -0.672. The first kappa shape index (κ1) is 12.5. The predicted octanol–water partition coefficient (Wildman–Crippen LogP) is 2.67. The molecule has 0 amide bonds. The fourth-order valence-corrected chi connectivity index (χ4v) is 1.45. The SMILES string of the molecule is C#CCCCC(O)c1ccc(OC)c(F)c1. The van der Waals surface area contributed by atoms with Gasteiger partial charge in [-0.3, -0.25) is 0 Å². The number of halogens is 1. The lowest BCUT2D eigenvalue weighted by Gasteiger charge is -2.11. The van der Waals surface area contributed by atoms with Crippen LogP contribution < -0.4 is 4.74 Å². The van der Waals surface area contributed by atoms with Gasteiger partial charge in [-0.25, -0.2) is 4.39 Å². The quantitative estimate of drug-likeness (QED) is 0.613. The highest BCUT2D eigenvalue weighted by molar-refractivity contribution is 5.30. The Morgan fingerprint density at radius 3 is 2.88 bits per heavy atom. The van der Waals surface area contributed by atoms with Crippen molar-refractivity contribution in [2.75, 3.05) is 7.11 Å². The van der Waals surface area contributed by atoms with Crippen LogP contribution in [0.15, 0.2) is 18.2 Å². The molecule has 0 saturated carbocycles. The lowest BCUT2D eigenvalue weighted by atomic mass is 10.0. The van der Waals surface area contributed by atoms with Crippen LogP contribution in [0.3, 0.4) is 0 Å². The van der Waals surface area contributed by atoms with Gasteiger partial charge < -0.3 is 9.84 Å². The first-order valence-corrected chi connectivity index (χ1v) is 5.14. The Hall–Kier alpha value is -1.53. The van der Waals surface area contributed by atoms with E-state index in [1.165, 1.54) is 19.2 Å². The maximum atomic E-state index is 13.3. The summed E-state index contributed by atoms with van der Waals surface area (Å²) >= 11 is 0. The molecule has 1 unspecified atom stereocenters.